The molecule has 2 aromatic heterocycles. The Balaban J connectivity index is 1.27. The van der Waals surface area contributed by atoms with Gasteiger partial charge in [0.25, 0.3) is 0 Å². The van der Waals surface area contributed by atoms with Crippen molar-refractivity contribution in [2.45, 2.75) is 19.6 Å². The molecule has 2 heterocycles. The second kappa shape index (κ2) is 7.76. The predicted molar refractivity (Wildman–Crippen MR) is 99.7 cm³/mol. The van der Waals surface area contributed by atoms with Gasteiger partial charge in [0.05, 0.1) is 12.9 Å². The molecule has 4 rings (SSSR count). The minimum absolute atomic E-state index is 0.747. The van der Waals surface area contributed by atoms with E-state index in [9.17, 15) is 0 Å². The van der Waals surface area contributed by atoms with E-state index in [4.69, 9.17) is 0 Å². The molecule has 0 amide bonds. The van der Waals surface area contributed by atoms with Crippen molar-refractivity contribution in [3.05, 3.63) is 96.6 Å². The maximum absolute atomic E-state index is 4.13. The maximum Gasteiger partial charge on any atom is 0.137 e. The average Bonchev–Trinajstić information content (AvgIpc) is 3.38. The highest BCUT2D eigenvalue weighted by Crippen LogP contribution is 2.10. The van der Waals surface area contributed by atoms with Crippen molar-refractivity contribution >= 4 is 0 Å². The number of nitrogens with zero attached hydrogens (tertiary/aromatic N) is 5. The largest absolute Gasteiger partial charge is 0.309 e. The summed E-state index contributed by atoms with van der Waals surface area (Å²) in [5.74, 6) is 0. The van der Waals surface area contributed by atoms with Crippen molar-refractivity contribution < 1.29 is 0 Å². The summed E-state index contributed by atoms with van der Waals surface area (Å²) in [5, 5.41) is 7.62. The molecule has 0 radical (unpaired) electrons. The monoisotopic (exact) mass is 344 g/mol. The molecule has 0 fully saturated rings. The number of rotatable bonds is 7. The van der Waals surface area contributed by atoms with Crippen molar-refractivity contribution in [3.63, 3.8) is 0 Å². The highest BCUT2D eigenvalue weighted by molar-refractivity contribution is 5.34. The van der Waals surface area contributed by atoms with Crippen LogP contribution in [0.1, 0.15) is 16.7 Å². The summed E-state index contributed by atoms with van der Waals surface area (Å²) in [5.41, 5.74) is 4.86. The van der Waals surface area contributed by atoms with Gasteiger partial charge in [-0.1, -0.05) is 36.4 Å². The van der Waals surface area contributed by atoms with Crippen molar-refractivity contribution in [2.24, 2.45) is 0 Å². The van der Waals surface area contributed by atoms with Gasteiger partial charge in [-0.2, -0.15) is 5.10 Å². The van der Waals surface area contributed by atoms with Gasteiger partial charge >= 0.3 is 0 Å². The van der Waals surface area contributed by atoms with Crippen molar-refractivity contribution in [1.29, 1.82) is 0 Å². The Morgan fingerprint density at radius 3 is 2.08 bits per heavy atom. The second-order valence-electron chi connectivity index (χ2n) is 6.15. The zero-order chi connectivity index (χ0) is 17.6. The molecule has 0 aliphatic heterocycles. The van der Waals surface area contributed by atoms with E-state index >= 15 is 0 Å². The van der Waals surface area contributed by atoms with Crippen LogP contribution < -0.4 is 5.32 Å². The average molecular weight is 344 g/mol. The fourth-order valence-electron chi connectivity index (χ4n) is 2.81. The lowest BCUT2D eigenvalue weighted by molar-refractivity contribution is 0.680. The highest BCUT2D eigenvalue weighted by Gasteiger charge is 1.99. The fourth-order valence-corrected chi connectivity index (χ4v) is 2.81. The summed E-state index contributed by atoms with van der Waals surface area (Å²) >= 11 is 0. The molecule has 0 aliphatic carbocycles. The number of hydrogen-bond acceptors (Lipinski definition) is 4. The van der Waals surface area contributed by atoms with Gasteiger partial charge in [-0.05, 0) is 28.8 Å². The third-order valence-electron chi connectivity index (χ3n) is 4.23. The van der Waals surface area contributed by atoms with Crippen LogP contribution in [-0.2, 0) is 19.6 Å². The number of aromatic nitrogens is 5. The van der Waals surface area contributed by atoms with Gasteiger partial charge in [-0.3, -0.25) is 0 Å². The van der Waals surface area contributed by atoms with Crippen LogP contribution in [0.5, 0.6) is 0 Å². The normalized spacial score (nSPS) is 10.9. The van der Waals surface area contributed by atoms with Crippen LogP contribution in [0.3, 0.4) is 0 Å². The summed E-state index contributed by atoms with van der Waals surface area (Å²) in [4.78, 5) is 8.04. The molecule has 130 valence electrons. The minimum atomic E-state index is 0.747. The number of imidazole rings is 1. The van der Waals surface area contributed by atoms with Gasteiger partial charge in [-0.15, -0.1) is 0 Å². The number of hydrogen-bond donors (Lipinski definition) is 1. The Morgan fingerprint density at radius 1 is 0.769 bits per heavy atom. The van der Waals surface area contributed by atoms with Gasteiger partial charge in [0.15, 0.2) is 0 Å². The van der Waals surface area contributed by atoms with E-state index in [1.807, 2.05) is 15.4 Å². The summed E-state index contributed by atoms with van der Waals surface area (Å²) in [6.07, 6.45) is 8.82. The van der Waals surface area contributed by atoms with Gasteiger partial charge in [-0.25, -0.2) is 14.6 Å². The summed E-state index contributed by atoms with van der Waals surface area (Å²) in [6.45, 7) is 2.43. The van der Waals surface area contributed by atoms with E-state index in [-0.39, 0.29) is 0 Å². The molecule has 0 spiro atoms. The van der Waals surface area contributed by atoms with Gasteiger partial charge < -0.3 is 9.88 Å². The number of nitrogens with one attached hydrogen (secondary N) is 1. The second-order valence-corrected chi connectivity index (χ2v) is 6.15. The molecule has 0 atom stereocenters. The lowest BCUT2D eigenvalue weighted by Gasteiger charge is -2.08. The van der Waals surface area contributed by atoms with E-state index in [1.165, 1.54) is 16.7 Å². The molecular weight excluding hydrogens is 324 g/mol. The summed E-state index contributed by atoms with van der Waals surface area (Å²) in [7, 11) is 0. The SMILES string of the molecule is c1cn(-c2ccc(CNCc3ccc(Cn4cncn4)cc3)cc2)cn1. The molecule has 0 aliphatic rings. The van der Waals surface area contributed by atoms with E-state index in [0.29, 0.717) is 0 Å². The third kappa shape index (κ3) is 4.04. The first-order valence-corrected chi connectivity index (χ1v) is 8.55. The van der Waals surface area contributed by atoms with Gasteiger partial charge in [0.2, 0.25) is 0 Å². The van der Waals surface area contributed by atoms with Crippen LogP contribution in [0.4, 0.5) is 0 Å². The topological polar surface area (TPSA) is 60.6 Å². The molecule has 2 aromatic carbocycles. The Labute approximate surface area is 152 Å². The lowest BCUT2D eigenvalue weighted by Crippen LogP contribution is -2.12. The molecule has 4 aromatic rings. The van der Waals surface area contributed by atoms with E-state index in [2.05, 4.69) is 68.9 Å². The van der Waals surface area contributed by atoms with E-state index in [0.717, 1.165) is 25.3 Å². The van der Waals surface area contributed by atoms with E-state index < -0.39 is 0 Å². The summed E-state index contributed by atoms with van der Waals surface area (Å²) in [6, 6.07) is 17.1. The maximum atomic E-state index is 4.13. The van der Waals surface area contributed by atoms with Gasteiger partial charge in [0, 0.05) is 31.2 Å². The van der Waals surface area contributed by atoms with Crippen LogP contribution >= 0.6 is 0 Å². The molecule has 6 nitrogen and oxygen atoms in total. The molecular formula is C20H20N6. The van der Waals surface area contributed by atoms with Crippen molar-refractivity contribution in [2.75, 3.05) is 0 Å². The van der Waals surface area contributed by atoms with Crippen molar-refractivity contribution in [1.82, 2.24) is 29.6 Å². The quantitative estimate of drug-likeness (QED) is 0.560. The van der Waals surface area contributed by atoms with Crippen molar-refractivity contribution in [3.8, 4) is 5.69 Å². The molecule has 6 heteroatoms. The molecule has 1 N–H and O–H groups in total. The van der Waals surface area contributed by atoms with E-state index in [1.54, 1.807) is 25.2 Å². The Hall–Kier alpha value is -3.25. The number of benzene rings is 2. The highest BCUT2D eigenvalue weighted by atomic mass is 15.3. The zero-order valence-electron chi connectivity index (χ0n) is 14.4. The van der Waals surface area contributed by atoms with Crippen LogP contribution in [0.25, 0.3) is 5.69 Å². The first-order valence-electron chi connectivity index (χ1n) is 8.55. The standard InChI is InChI=1S/C20H20N6/c1-3-19(13-26-16-23-14-24-26)4-2-17(1)11-22-12-18-5-7-20(8-6-18)25-10-9-21-15-25/h1-10,14-16,22H,11-13H2. The van der Waals surface area contributed by atoms with Crippen LogP contribution in [0.15, 0.2) is 79.9 Å². The van der Waals surface area contributed by atoms with Crippen LogP contribution in [0, 0.1) is 0 Å². The third-order valence-corrected chi connectivity index (χ3v) is 4.23. The fraction of sp³-hybridized carbons (Fsp3) is 0.150. The lowest BCUT2D eigenvalue weighted by atomic mass is 10.1. The minimum Gasteiger partial charge on any atom is -0.309 e. The molecule has 0 saturated heterocycles. The van der Waals surface area contributed by atoms with Crippen LogP contribution in [-0.4, -0.2) is 24.3 Å². The predicted octanol–water partition coefficient (Wildman–Crippen LogP) is 2.80. The van der Waals surface area contributed by atoms with Gasteiger partial charge in [0.1, 0.15) is 12.7 Å². The zero-order valence-corrected chi connectivity index (χ0v) is 14.4. The smallest absolute Gasteiger partial charge is 0.137 e. The first kappa shape index (κ1) is 16.2. The summed E-state index contributed by atoms with van der Waals surface area (Å²) < 4.78 is 3.82. The van der Waals surface area contributed by atoms with Crippen LogP contribution in [0.2, 0.25) is 0 Å². The molecule has 26 heavy (non-hydrogen) atoms. The first-order chi connectivity index (χ1) is 12.9. The molecule has 0 bridgehead atoms. The molecule has 0 saturated carbocycles. The Kier molecular flexibility index (Phi) is 4.84. The molecule has 0 unspecified atom stereocenters. The Morgan fingerprint density at radius 2 is 1.46 bits per heavy atom. The Bertz CT molecular complexity index is 910.